The molecule has 2 fully saturated rings. The Morgan fingerprint density at radius 3 is 2.17 bits per heavy atom. The van der Waals surface area contributed by atoms with Gasteiger partial charge in [0.15, 0.2) is 9.84 Å². The largest absolute Gasteiger partial charge is 0.368 e. The first-order valence-electron chi connectivity index (χ1n) is 8.53. The van der Waals surface area contributed by atoms with Crippen LogP contribution in [0.2, 0.25) is 0 Å². The molecule has 24 heavy (non-hydrogen) atoms. The van der Waals surface area contributed by atoms with E-state index in [0.717, 1.165) is 31.9 Å². The van der Waals surface area contributed by atoms with Crippen molar-refractivity contribution in [2.45, 2.75) is 29.9 Å². The van der Waals surface area contributed by atoms with E-state index in [1.807, 2.05) is 17.0 Å². The number of hydrogen-bond donors (Lipinski definition) is 1. The van der Waals surface area contributed by atoms with Gasteiger partial charge in [0.2, 0.25) is 5.91 Å². The minimum absolute atomic E-state index is 0.109. The summed E-state index contributed by atoms with van der Waals surface area (Å²) in [5.41, 5.74) is 1.02. The second kappa shape index (κ2) is 7.11. The summed E-state index contributed by atoms with van der Waals surface area (Å²) in [6, 6.07) is 7.23. The van der Waals surface area contributed by atoms with Crippen molar-refractivity contribution in [2.24, 2.45) is 0 Å². The van der Waals surface area contributed by atoms with Gasteiger partial charge >= 0.3 is 0 Å². The fourth-order valence-electron chi connectivity index (χ4n) is 3.42. The fourth-order valence-corrected chi connectivity index (χ4v) is 5.18. The highest BCUT2D eigenvalue weighted by molar-refractivity contribution is 7.92. The van der Waals surface area contributed by atoms with Crippen LogP contribution in [0.3, 0.4) is 0 Å². The van der Waals surface area contributed by atoms with E-state index in [1.165, 1.54) is 0 Å². The maximum atomic E-state index is 12.7. The second-order valence-corrected chi connectivity index (χ2v) is 8.71. The average Bonchev–Trinajstić information content (AvgIpc) is 2.62. The molecule has 1 aromatic carbocycles. The number of piperazine rings is 1. The van der Waals surface area contributed by atoms with E-state index >= 15 is 0 Å². The topological polar surface area (TPSA) is 69.7 Å². The number of carbonyl (C=O) groups is 1. The highest BCUT2D eigenvalue weighted by atomic mass is 32.2. The molecule has 2 saturated heterocycles. The summed E-state index contributed by atoms with van der Waals surface area (Å²) in [5.74, 6) is 0.109. The van der Waals surface area contributed by atoms with Crippen LogP contribution >= 0.6 is 0 Å². The first kappa shape index (κ1) is 17.2. The number of sulfone groups is 1. The van der Waals surface area contributed by atoms with Crippen LogP contribution in [0.4, 0.5) is 5.69 Å². The van der Waals surface area contributed by atoms with Gasteiger partial charge in [0.25, 0.3) is 0 Å². The molecule has 1 N–H and O–H groups in total. The lowest BCUT2D eigenvalue weighted by Crippen LogP contribution is -2.48. The lowest BCUT2D eigenvalue weighted by Gasteiger charge is -2.35. The zero-order chi connectivity index (χ0) is 17.2. The molecule has 0 atom stereocenters. The second-order valence-electron chi connectivity index (χ2n) is 6.48. The number of rotatable bonds is 3. The smallest absolute Gasteiger partial charge is 0.219 e. The number of hydrogen-bond acceptors (Lipinski definition) is 5. The zero-order valence-electron chi connectivity index (χ0n) is 14.1. The molecule has 0 saturated carbocycles. The van der Waals surface area contributed by atoms with Crippen LogP contribution in [-0.4, -0.2) is 63.7 Å². The molecule has 132 valence electrons. The van der Waals surface area contributed by atoms with Crippen LogP contribution in [0.1, 0.15) is 19.8 Å². The zero-order valence-corrected chi connectivity index (χ0v) is 14.9. The lowest BCUT2D eigenvalue weighted by molar-refractivity contribution is -0.129. The molecule has 1 amide bonds. The van der Waals surface area contributed by atoms with Crippen molar-refractivity contribution in [3.05, 3.63) is 24.3 Å². The third-order valence-electron chi connectivity index (χ3n) is 4.98. The molecule has 3 rings (SSSR count). The highest BCUT2D eigenvalue weighted by Gasteiger charge is 2.29. The molecule has 7 heteroatoms. The summed E-state index contributed by atoms with van der Waals surface area (Å²) in [6.45, 7) is 6.11. The van der Waals surface area contributed by atoms with Gasteiger partial charge in [-0.15, -0.1) is 0 Å². The first-order valence-corrected chi connectivity index (χ1v) is 10.1. The van der Waals surface area contributed by atoms with Crippen molar-refractivity contribution in [1.29, 1.82) is 0 Å². The van der Waals surface area contributed by atoms with Crippen LogP contribution in [0.25, 0.3) is 0 Å². The predicted molar refractivity (Wildman–Crippen MR) is 94.0 cm³/mol. The fraction of sp³-hybridized carbons (Fsp3) is 0.588. The maximum absolute atomic E-state index is 12.7. The molecule has 0 aliphatic carbocycles. The summed E-state index contributed by atoms with van der Waals surface area (Å²) >= 11 is 0. The Bertz CT molecular complexity index is 674. The number of anilines is 1. The minimum atomic E-state index is -3.24. The van der Waals surface area contributed by atoms with Crippen molar-refractivity contribution in [3.8, 4) is 0 Å². The number of nitrogens with one attached hydrogen (secondary N) is 1. The van der Waals surface area contributed by atoms with Crippen LogP contribution in [0, 0.1) is 0 Å². The Morgan fingerprint density at radius 1 is 1.04 bits per heavy atom. The highest BCUT2D eigenvalue weighted by Crippen LogP contribution is 2.25. The molecule has 2 aliphatic heterocycles. The summed E-state index contributed by atoms with van der Waals surface area (Å²) in [6.07, 6.45) is 1.36. The van der Waals surface area contributed by atoms with Gasteiger partial charge in [-0.3, -0.25) is 4.79 Å². The average molecular weight is 351 g/mol. The van der Waals surface area contributed by atoms with E-state index in [4.69, 9.17) is 0 Å². The van der Waals surface area contributed by atoms with E-state index in [-0.39, 0.29) is 11.2 Å². The van der Waals surface area contributed by atoms with Crippen LogP contribution in [0.5, 0.6) is 0 Å². The Labute approximate surface area is 143 Å². The molecule has 1 aromatic rings. The van der Waals surface area contributed by atoms with Gasteiger partial charge in [-0.2, -0.15) is 0 Å². The van der Waals surface area contributed by atoms with E-state index < -0.39 is 9.84 Å². The van der Waals surface area contributed by atoms with E-state index in [2.05, 4.69) is 10.2 Å². The van der Waals surface area contributed by atoms with E-state index in [9.17, 15) is 13.2 Å². The van der Waals surface area contributed by atoms with Gasteiger partial charge in [0, 0.05) is 38.8 Å². The summed E-state index contributed by atoms with van der Waals surface area (Å²) < 4.78 is 25.4. The van der Waals surface area contributed by atoms with Gasteiger partial charge in [-0.25, -0.2) is 8.42 Å². The molecule has 2 aliphatic rings. The van der Waals surface area contributed by atoms with Crippen molar-refractivity contribution < 1.29 is 13.2 Å². The van der Waals surface area contributed by atoms with Gasteiger partial charge in [-0.1, -0.05) is 0 Å². The van der Waals surface area contributed by atoms with Crippen molar-refractivity contribution in [1.82, 2.24) is 10.2 Å². The third kappa shape index (κ3) is 3.57. The number of nitrogens with zero attached hydrogens (tertiary/aromatic N) is 2. The SMILES string of the molecule is CC(=O)N1CCN(c2ccc(S(=O)(=O)C3CCNCC3)cc2)CC1. The maximum Gasteiger partial charge on any atom is 0.219 e. The molecule has 6 nitrogen and oxygen atoms in total. The monoisotopic (exact) mass is 351 g/mol. The summed E-state index contributed by atoms with van der Waals surface area (Å²) in [5, 5.41) is 2.93. The third-order valence-corrected chi connectivity index (χ3v) is 7.26. The van der Waals surface area contributed by atoms with Crippen LogP contribution < -0.4 is 10.2 Å². The standard InChI is InChI=1S/C17H25N3O3S/c1-14(21)19-10-12-20(13-11-19)15-2-4-16(5-3-15)24(22,23)17-6-8-18-9-7-17/h2-5,17-18H,6-13H2,1H3. The molecule has 2 heterocycles. The molecular formula is C17H25N3O3S. The first-order chi connectivity index (χ1) is 11.5. The van der Waals surface area contributed by atoms with Crippen molar-refractivity contribution in [3.63, 3.8) is 0 Å². The Morgan fingerprint density at radius 2 is 1.62 bits per heavy atom. The van der Waals surface area contributed by atoms with Crippen LogP contribution in [0.15, 0.2) is 29.2 Å². The molecular weight excluding hydrogens is 326 g/mol. The molecule has 0 radical (unpaired) electrons. The minimum Gasteiger partial charge on any atom is -0.368 e. The van der Waals surface area contributed by atoms with Crippen molar-refractivity contribution >= 4 is 21.4 Å². The number of carbonyl (C=O) groups excluding carboxylic acids is 1. The Hall–Kier alpha value is -1.60. The van der Waals surface area contributed by atoms with E-state index in [0.29, 0.717) is 30.8 Å². The van der Waals surface area contributed by atoms with Crippen molar-refractivity contribution in [2.75, 3.05) is 44.2 Å². The summed E-state index contributed by atoms with van der Waals surface area (Å²) in [4.78, 5) is 15.8. The lowest BCUT2D eigenvalue weighted by atomic mass is 10.2. The molecule has 0 spiro atoms. The normalized spacial score (nSPS) is 20.2. The van der Waals surface area contributed by atoms with Gasteiger partial charge in [-0.05, 0) is 50.2 Å². The summed E-state index contributed by atoms with van der Waals surface area (Å²) in [7, 11) is -3.24. The van der Waals surface area contributed by atoms with Gasteiger partial charge in [0.1, 0.15) is 0 Å². The van der Waals surface area contributed by atoms with Gasteiger partial charge < -0.3 is 15.1 Å². The van der Waals surface area contributed by atoms with E-state index in [1.54, 1.807) is 19.1 Å². The number of benzene rings is 1. The Balaban J connectivity index is 1.68. The number of piperidine rings is 1. The molecule has 0 aromatic heterocycles. The molecule has 0 bridgehead atoms. The predicted octanol–water partition coefficient (Wildman–Crippen LogP) is 0.881. The van der Waals surface area contributed by atoms with Gasteiger partial charge in [0.05, 0.1) is 10.1 Å². The molecule has 0 unspecified atom stereocenters. The number of amides is 1. The quantitative estimate of drug-likeness (QED) is 0.875. The van der Waals surface area contributed by atoms with Crippen LogP contribution in [-0.2, 0) is 14.6 Å². The Kier molecular flexibility index (Phi) is 5.10.